The molecule has 5 nitrogen and oxygen atoms in total. The SMILES string of the molecule is CCNC(=O)CCNCC(O)COc1ccc(C)cc1. The van der Waals surface area contributed by atoms with E-state index in [2.05, 4.69) is 10.6 Å². The van der Waals surface area contributed by atoms with Gasteiger partial charge in [-0.1, -0.05) is 17.7 Å². The maximum atomic E-state index is 11.2. The Bertz CT molecular complexity index is 393. The third-order valence-electron chi connectivity index (χ3n) is 2.75. The Morgan fingerprint density at radius 1 is 1.35 bits per heavy atom. The summed E-state index contributed by atoms with van der Waals surface area (Å²) in [7, 11) is 0. The lowest BCUT2D eigenvalue weighted by Crippen LogP contribution is -2.34. The van der Waals surface area contributed by atoms with Gasteiger partial charge in [0.1, 0.15) is 18.5 Å². The van der Waals surface area contributed by atoms with Crippen molar-refractivity contribution in [1.29, 1.82) is 0 Å². The highest BCUT2D eigenvalue weighted by atomic mass is 16.5. The summed E-state index contributed by atoms with van der Waals surface area (Å²) in [4.78, 5) is 11.2. The second-order valence-electron chi connectivity index (χ2n) is 4.69. The first-order valence-corrected chi connectivity index (χ1v) is 6.96. The summed E-state index contributed by atoms with van der Waals surface area (Å²) >= 11 is 0. The van der Waals surface area contributed by atoms with Crippen LogP contribution >= 0.6 is 0 Å². The van der Waals surface area contributed by atoms with E-state index in [1.54, 1.807) is 0 Å². The van der Waals surface area contributed by atoms with Crippen molar-refractivity contribution < 1.29 is 14.6 Å². The fourth-order valence-corrected chi connectivity index (χ4v) is 1.64. The van der Waals surface area contributed by atoms with E-state index >= 15 is 0 Å². The van der Waals surface area contributed by atoms with Crippen molar-refractivity contribution in [2.75, 3.05) is 26.2 Å². The van der Waals surface area contributed by atoms with Gasteiger partial charge in [-0.15, -0.1) is 0 Å². The number of rotatable bonds is 9. The van der Waals surface area contributed by atoms with E-state index in [-0.39, 0.29) is 12.5 Å². The summed E-state index contributed by atoms with van der Waals surface area (Å²) in [5.74, 6) is 0.766. The number of ether oxygens (including phenoxy) is 1. The molecule has 3 N–H and O–H groups in total. The van der Waals surface area contributed by atoms with Crippen LogP contribution in [0.4, 0.5) is 0 Å². The summed E-state index contributed by atoms with van der Waals surface area (Å²) in [6.07, 6.45) is -0.176. The van der Waals surface area contributed by atoms with Crippen molar-refractivity contribution in [2.24, 2.45) is 0 Å². The van der Waals surface area contributed by atoms with Crippen LogP contribution in [0.15, 0.2) is 24.3 Å². The van der Waals surface area contributed by atoms with Crippen molar-refractivity contribution in [3.05, 3.63) is 29.8 Å². The van der Waals surface area contributed by atoms with Crippen LogP contribution in [0.5, 0.6) is 5.75 Å². The summed E-state index contributed by atoms with van der Waals surface area (Å²) in [6.45, 7) is 5.73. The number of hydrogen-bond acceptors (Lipinski definition) is 4. The molecular weight excluding hydrogens is 256 g/mol. The van der Waals surface area contributed by atoms with Gasteiger partial charge in [0.15, 0.2) is 0 Å². The van der Waals surface area contributed by atoms with E-state index < -0.39 is 6.10 Å². The Labute approximate surface area is 120 Å². The Morgan fingerprint density at radius 2 is 2.05 bits per heavy atom. The van der Waals surface area contributed by atoms with Crippen molar-refractivity contribution in [1.82, 2.24) is 10.6 Å². The zero-order chi connectivity index (χ0) is 14.8. The lowest BCUT2D eigenvalue weighted by Gasteiger charge is -2.13. The van der Waals surface area contributed by atoms with Crippen molar-refractivity contribution in [3.63, 3.8) is 0 Å². The second-order valence-corrected chi connectivity index (χ2v) is 4.69. The Kier molecular flexibility index (Phi) is 7.69. The third-order valence-corrected chi connectivity index (χ3v) is 2.75. The van der Waals surface area contributed by atoms with Gasteiger partial charge in [0.2, 0.25) is 5.91 Å². The van der Waals surface area contributed by atoms with Crippen LogP contribution in [0.2, 0.25) is 0 Å². The number of nitrogens with one attached hydrogen (secondary N) is 2. The van der Waals surface area contributed by atoms with Gasteiger partial charge in [0, 0.05) is 26.1 Å². The van der Waals surface area contributed by atoms with E-state index in [0.29, 0.717) is 26.1 Å². The molecule has 20 heavy (non-hydrogen) atoms. The summed E-state index contributed by atoms with van der Waals surface area (Å²) < 4.78 is 5.47. The molecule has 1 aromatic carbocycles. The first-order valence-electron chi connectivity index (χ1n) is 6.96. The molecule has 1 unspecified atom stereocenters. The minimum atomic E-state index is -0.592. The summed E-state index contributed by atoms with van der Waals surface area (Å²) in [6, 6.07) is 7.69. The molecule has 0 fully saturated rings. The molecule has 0 saturated heterocycles. The van der Waals surface area contributed by atoms with E-state index in [1.807, 2.05) is 38.1 Å². The molecule has 0 aliphatic heterocycles. The van der Waals surface area contributed by atoms with Crippen molar-refractivity contribution in [3.8, 4) is 5.75 Å². The molecule has 112 valence electrons. The number of hydrogen-bond donors (Lipinski definition) is 3. The number of aliphatic hydroxyl groups excluding tert-OH is 1. The van der Waals surface area contributed by atoms with E-state index in [9.17, 15) is 9.90 Å². The highest BCUT2D eigenvalue weighted by Crippen LogP contribution is 2.11. The molecule has 1 rings (SSSR count). The molecule has 0 aromatic heterocycles. The van der Waals surface area contributed by atoms with Crippen LogP contribution in [0.25, 0.3) is 0 Å². The molecular formula is C15H24N2O3. The van der Waals surface area contributed by atoms with Crippen LogP contribution < -0.4 is 15.4 Å². The predicted molar refractivity (Wildman–Crippen MR) is 78.9 cm³/mol. The van der Waals surface area contributed by atoms with Crippen molar-refractivity contribution >= 4 is 5.91 Å². The summed E-state index contributed by atoms with van der Waals surface area (Å²) in [5.41, 5.74) is 1.17. The van der Waals surface area contributed by atoms with Gasteiger partial charge in [-0.2, -0.15) is 0 Å². The molecule has 0 bridgehead atoms. The minimum Gasteiger partial charge on any atom is -0.491 e. The molecule has 0 aliphatic rings. The van der Waals surface area contributed by atoms with E-state index in [1.165, 1.54) is 5.56 Å². The molecule has 0 heterocycles. The number of carbonyl (C=O) groups excluding carboxylic acids is 1. The first kappa shape index (κ1) is 16.5. The van der Waals surface area contributed by atoms with Crippen LogP contribution in [0.3, 0.4) is 0 Å². The molecule has 1 amide bonds. The van der Waals surface area contributed by atoms with Crippen molar-refractivity contribution in [2.45, 2.75) is 26.4 Å². The highest BCUT2D eigenvalue weighted by molar-refractivity contribution is 5.75. The lowest BCUT2D eigenvalue weighted by molar-refractivity contribution is -0.120. The minimum absolute atomic E-state index is 0.0189. The molecule has 0 radical (unpaired) electrons. The smallest absolute Gasteiger partial charge is 0.221 e. The molecule has 1 atom stereocenters. The van der Waals surface area contributed by atoms with Gasteiger partial charge in [0.05, 0.1) is 0 Å². The van der Waals surface area contributed by atoms with Gasteiger partial charge in [0.25, 0.3) is 0 Å². The first-order chi connectivity index (χ1) is 9.61. The topological polar surface area (TPSA) is 70.6 Å². The number of benzene rings is 1. The van der Waals surface area contributed by atoms with Crippen LogP contribution in [0.1, 0.15) is 18.9 Å². The highest BCUT2D eigenvalue weighted by Gasteiger charge is 2.05. The Hall–Kier alpha value is -1.59. The van der Waals surface area contributed by atoms with Gasteiger partial charge >= 0.3 is 0 Å². The monoisotopic (exact) mass is 280 g/mol. The Balaban J connectivity index is 2.10. The molecule has 0 spiro atoms. The van der Waals surface area contributed by atoms with Crippen LogP contribution in [-0.4, -0.2) is 43.4 Å². The number of aliphatic hydroxyl groups is 1. The fourth-order valence-electron chi connectivity index (χ4n) is 1.64. The quantitative estimate of drug-likeness (QED) is 0.587. The fraction of sp³-hybridized carbons (Fsp3) is 0.533. The zero-order valence-corrected chi connectivity index (χ0v) is 12.2. The average molecular weight is 280 g/mol. The molecule has 0 aliphatic carbocycles. The second kappa shape index (κ2) is 9.34. The Morgan fingerprint density at radius 3 is 2.70 bits per heavy atom. The zero-order valence-electron chi connectivity index (χ0n) is 12.2. The van der Waals surface area contributed by atoms with Gasteiger partial charge < -0.3 is 20.5 Å². The number of aryl methyl sites for hydroxylation is 1. The predicted octanol–water partition coefficient (Wildman–Crippen LogP) is 0.851. The van der Waals surface area contributed by atoms with Gasteiger partial charge in [-0.3, -0.25) is 4.79 Å². The molecule has 1 aromatic rings. The maximum absolute atomic E-state index is 11.2. The van der Waals surface area contributed by atoms with E-state index in [4.69, 9.17) is 4.74 Å². The standard InChI is InChI=1S/C15H24N2O3/c1-3-17-15(19)8-9-16-10-13(18)11-20-14-6-4-12(2)5-7-14/h4-7,13,16,18H,3,8-11H2,1-2H3,(H,17,19). The molecule has 5 heteroatoms. The number of amides is 1. The van der Waals surface area contributed by atoms with Crippen LogP contribution in [0, 0.1) is 6.92 Å². The molecule has 0 saturated carbocycles. The lowest BCUT2D eigenvalue weighted by atomic mass is 10.2. The largest absolute Gasteiger partial charge is 0.491 e. The van der Waals surface area contributed by atoms with Crippen LogP contribution in [-0.2, 0) is 4.79 Å². The summed E-state index contributed by atoms with van der Waals surface area (Å²) in [5, 5.41) is 15.5. The normalized spacial score (nSPS) is 11.9. The van der Waals surface area contributed by atoms with Gasteiger partial charge in [-0.05, 0) is 26.0 Å². The number of carbonyl (C=O) groups is 1. The maximum Gasteiger partial charge on any atom is 0.221 e. The van der Waals surface area contributed by atoms with E-state index in [0.717, 1.165) is 5.75 Å². The third kappa shape index (κ3) is 7.11. The average Bonchev–Trinajstić information content (AvgIpc) is 2.43. The van der Waals surface area contributed by atoms with Gasteiger partial charge in [-0.25, -0.2) is 0 Å².